The van der Waals surface area contributed by atoms with Crippen molar-refractivity contribution in [3.05, 3.63) is 73.5 Å². The Bertz CT molecular complexity index is 1090. The summed E-state index contributed by atoms with van der Waals surface area (Å²) in [5, 5.41) is 0. The van der Waals surface area contributed by atoms with Crippen molar-refractivity contribution in [3.63, 3.8) is 0 Å². The number of piperidine rings is 1. The number of anilines is 2. The van der Waals surface area contributed by atoms with Gasteiger partial charge in [-0.2, -0.15) is 0 Å². The second-order valence-corrected chi connectivity index (χ2v) is 11.4. The van der Waals surface area contributed by atoms with Crippen molar-refractivity contribution in [2.45, 2.75) is 54.4 Å². The zero-order valence-electron chi connectivity index (χ0n) is 21.5. The first-order valence-electron chi connectivity index (χ1n) is 13.3. The van der Waals surface area contributed by atoms with Crippen molar-refractivity contribution in [2.24, 2.45) is 0 Å². The summed E-state index contributed by atoms with van der Waals surface area (Å²) in [6, 6.07) is 17.4. The number of nitrogens with zero attached hydrogens (tertiary/aromatic N) is 3. The maximum atomic E-state index is 12.6. The first-order chi connectivity index (χ1) is 17.5. The Morgan fingerprint density at radius 2 is 1.61 bits per heavy atom. The van der Waals surface area contributed by atoms with E-state index >= 15 is 0 Å². The average molecular weight is 505 g/mol. The molecular weight excluding hydrogens is 466 g/mol. The van der Waals surface area contributed by atoms with Crippen LogP contribution >= 0.6 is 11.8 Å². The molecule has 5 nitrogen and oxygen atoms in total. The molecule has 1 spiro atoms. The monoisotopic (exact) mass is 504 g/mol. The van der Waals surface area contributed by atoms with Crippen molar-refractivity contribution in [1.29, 1.82) is 0 Å². The number of carbonyl (C=O) groups is 1. The first-order valence-corrected chi connectivity index (χ1v) is 14.1. The molecule has 3 aliphatic heterocycles. The molecule has 5 rings (SSSR count). The standard InChI is InChI=1S/C30H38N3O2S/c1-4-6-18-31-24(3)30(35-29(31)34)16-22-33(20-5-2,23-17-30)21-11-19-32-25-12-7-9-14-27(25)36-28-15-10-8-13-26(28)32/h5,7-10,12-15H,2-4,6,11,16-23H2,1H3/q+1. The van der Waals surface area contributed by atoms with Crippen LogP contribution in [0.15, 0.2) is 83.3 Å². The minimum Gasteiger partial charge on any atom is -0.436 e. The predicted octanol–water partition coefficient (Wildman–Crippen LogP) is 6.98. The minimum atomic E-state index is -0.518. The van der Waals surface area contributed by atoms with Gasteiger partial charge >= 0.3 is 6.09 Å². The largest absolute Gasteiger partial charge is 0.436 e. The lowest BCUT2D eigenvalue weighted by atomic mass is 9.86. The van der Waals surface area contributed by atoms with Gasteiger partial charge in [-0.15, -0.1) is 0 Å². The lowest BCUT2D eigenvalue weighted by molar-refractivity contribution is -0.929. The summed E-state index contributed by atoms with van der Waals surface area (Å²) in [5.74, 6) is 0. The average Bonchev–Trinajstić information content (AvgIpc) is 3.12. The van der Waals surface area contributed by atoms with Crippen LogP contribution in [0.5, 0.6) is 0 Å². The van der Waals surface area contributed by atoms with Crippen molar-refractivity contribution in [2.75, 3.05) is 44.2 Å². The van der Waals surface area contributed by atoms with Crippen LogP contribution in [0.1, 0.15) is 39.0 Å². The SMILES string of the molecule is C=CC[N+]1(CCCN2c3ccccc3Sc3ccccc32)CCC2(CC1)OC(=O)N(CCCC)C2=C. The van der Waals surface area contributed by atoms with Crippen molar-refractivity contribution >= 4 is 29.2 Å². The molecule has 3 aliphatic rings. The lowest BCUT2D eigenvalue weighted by Gasteiger charge is -2.46. The Morgan fingerprint density at radius 3 is 2.22 bits per heavy atom. The summed E-state index contributed by atoms with van der Waals surface area (Å²) >= 11 is 1.86. The van der Waals surface area contributed by atoms with E-state index in [4.69, 9.17) is 4.74 Å². The second kappa shape index (κ2) is 10.3. The van der Waals surface area contributed by atoms with Crippen LogP contribution in [-0.2, 0) is 4.74 Å². The number of fused-ring (bicyclic) bond motifs is 2. The van der Waals surface area contributed by atoms with Gasteiger partial charge in [0.05, 0.1) is 43.3 Å². The Hall–Kier alpha value is -2.70. The van der Waals surface area contributed by atoms with E-state index in [-0.39, 0.29) is 6.09 Å². The van der Waals surface area contributed by atoms with Crippen molar-refractivity contribution in [1.82, 2.24) is 4.90 Å². The fraction of sp³-hybridized carbons (Fsp3) is 0.433. The molecule has 2 fully saturated rings. The molecule has 0 atom stereocenters. The Labute approximate surface area is 220 Å². The molecule has 1 amide bonds. The molecule has 2 aromatic rings. The van der Waals surface area contributed by atoms with Gasteiger partial charge in [0.2, 0.25) is 0 Å². The van der Waals surface area contributed by atoms with E-state index in [1.54, 1.807) is 4.90 Å². The van der Waals surface area contributed by atoms with Crippen LogP contribution in [0.25, 0.3) is 0 Å². The molecule has 6 heteroatoms. The number of rotatable bonds is 9. The summed E-state index contributed by atoms with van der Waals surface area (Å²) in [6.07, 6.45) is 6.62. The molecule has 0 N–H and O–H groups in total. The number of unbranched alkanes of at least 4 members (excludes halogenated alkanes) is 1. The van der Waals surface area contributed by atoms with Gasteiger partial charge in [-0.1, -0.05) is 62.5 Å². The third-order valence-corrected chi connectivity index (χ3v) is 9.26. The molecule has 0 bridgehead atoms. The highest BCUT2D eigenvalue weighted by Crippen LogP contribution is 2.48. The van der Waals surface area contributed by atoms with Gasteiger partial charge in [0, 0.05) is 42.1 Å². The maximum absolute atomic E-state index is 12.6. The van der Waals surface area contributed by atoms with Gasteiger partial charge in [-0.05, 0) is 36.8 Å². The van der Waals surface area contributed by atoms with Crippen molar-refractivity contribution < 1.29 is 14.0 Å². The molecule has 0 unspecified atom stereocenters. The van der Waals surface area contributed by atoms with Crippen molar-refractivity contribution in [3.8, 4) is 0 Å². The molecule has 0 aliphatic carbocycles. The van der Waals surface area contributed by atoms with E-state index in [0.29, 0.717) is 6.54 Å². The summed E-state index contributed by atoms with van der Waals surface area (Å²) in [6.45, 7) is 16.2. The number of likely N-dealkylation sites (tertiary alicyclic amines) is 1. The maximum Gasteiger partial charge on any atom is 0.415 e. The molecule has 0 radical (unpaired) electrons. The van der Waals surface area contributed by atoms with Gasteiger partial charge in [0.1, 0.15) is 0 Å². The summed E-state index contributed by atoms with van der Waals surface area (Å²) in [7, 11) is 0. The molecular formula is C30H38N3O2S+. The third kappa shape index (κ3) is 4.57. The van der Waals surface area contributed by atoms with E-state index in [1.165, 1.54) is 21.2 Å². The van der Waals surface area contributed by atoms with Crippen LogP contribution in [-0.4, -0.2) is 60.3 Å². The minimum absolute atomic E-state index is 0.211. The molecule has 3 heterocycles. The van der Waals surface area contributed by atoms with Gasteiger partial charge in [-0.25, -0.2) is 4.79 Å². The van der Waals surface area contributed by atoms with Gasteiger partial charge in [-0.3, -0.25) is 4.90 Å². The van der Waals surface area contributed by atoms with E-state index in [0.717, 1.165) is 75.0 Å². The quantitative estimate of drug-likeness (QED) is 0.272. The summed E-state index contributed by atoms with van der Waals surface area (Å²) in [5.41, 5.74) is 2.96. The number of carbonyl (C=O) groups excluding carboxylic acids is 1. The second-order valence-electron chi connectivity index (χ2n) is 10.3. The fourth-order valence-electron chi connectivity index (χ4n) is 6.00. The lowest BCUT2D eigenvalue weighted by Crippen LogP contribution is -2.58. The Morgan fingerprint density at radius 1 is 1.00 bits per heavy atom. The molecule has 2 aromatic carbocycles. The topological polar surface area (TPSA) is 32.8 Å². The number of ether oxygens (including phenoxy) is 1. The third-order valence-electron chi connectivity index (χ3n) is 8.13. The van der Waals surface area contributed by atoms with Gasteiger partial charge < -0.3 is 14.1 Å². The van der Waals surface area contributed by atoms with E-state index in [9.17, 15) is 4.79 Å². The highest BCUT2D eigenvalue weighted by atomic mass is 32.2. The van der Waals surface area contributed by atoms with Crippen LogP contribution in [0, 0.1) is 0 Å². The molecule has 0 saturated carbocycles. The Kier molecular flexibility index (Phi) is 7.18. The van der Waals surface area contributed by atoms with Crippen LogP contribution in [0.4, 0.5) is 16.2 Å². The van der Waals surface area contributed by atoms with Crippen LogP contribution in [0.2, 0.25) is 0 Å². The number of quaternary nitrogens is 1. The van der Waals surface area contributed by atoms with E-state index in [1.807, 2.05) is 11.8 Å². The predicted molar refractivity (Wildman–Crippen MR) is 148 cm³/mol. The molecule has 190 valence electrons. The summed E-state index contributed by atoms with van der Waals surface area (Å²) < 4.78 is 7.00. The zero-order chi connectivity index (χ0) is 25.2. The highest BCUT2D eigenvalue weighted by Gasteiger charge is 2.53. The van der Waals surface area contributed by atoms with Gasteiger partial charge in [0.15, 0.2) is 5.60 Å². The number of hydrogen-bond donors (Lipinski definition) is 0. The number of para-hydroxylation sites is 2. The van der Waals surface area contributed by atoms with E-state index in [2.05, 4.69) is 79.6 Å². The highest BCUT2D eigenvalue weighted by molar-refractivity contribution is 7.99. The van der Waals surface area contributed by atoms with E-state index < -0.39 is 5.60 Å². The Balaban J connectivity index is 1.27. The van der Waals surface area contributed by atoms with Crippen LogP contribution < -0.4 is 4.90 Å². The summed E-state index contributed by atoms with van der Waals surface area (Å²) in [4.78, 5) is 19.5. The number of amides is 1. The zero-order valence-corrected chi connectivity index (χ0v) is 22.3. The molecule has 36 heavy (non-hydrogen) atoms. The molecule has 2 saturated heterocycles. The normalized spacial score (nSPS) is 25.0. The first kappa shape index (κ1) is 25.0. The van der Waals surface area contributed by atoms with Gasteiger partial charge in [0.25, 0.3) is 0 Å². The van der Waals surface area contributed by atoms with Crippen LogP contribution in [0.3, 0.4) is 0 Å². The fourth-order valence-corrected chi connectivity index (χ4v) is 7.10. The number of hydrogen-bond acceptors (Lipinski definition) is 4. The smallest absolute Gasteiger partial charge is 0.415 e. The number of benzene rings is 2. The molecule has 0 aromatic heterocycles.